The summed E-state index contributed by atoms with van der Waals surface area (Å²) in [6.07, 6.45) is 5.22. The predicted molar refractivity (Wildman–Crippen MR) is 95.4 cm³/mol. The maximum Gasteiger partial charge on any atom is 0.138 e. The van der Waals surface area contributed by atoms with Gasteiger partial charge < -0.3 is 15.0 Å². The SMILES string of the molecule is CNc1ccc(Oc2ccnc3cc(-c4cnc[nH]4)ccc23)cc1. The van der Waals surface area contributed by atoms with Crippen molar-refractivity contribution in [2.45, 2.75) is 0 Å². The average molecular weight is 316 g/mol. The number of aromatic amines is 1. The van der Waals surface area contributed by atoms with E-state index in [9.17, 15) is 0 Å². The molecule has 0 aliphatic heterocycles. The van der Waals surface area contributed by atoms with E-state index in [1.165, 1.54) is 0 Å². The zero-order chi connectivity index (χ0) is 16.4. The summed E-state index contributed by atoms with van der Waals surface area (Å²) in [6.45, 7) is 0. The maximum absolute atomic E-state index is 6.03. The molecule has 4 aromatic rings. The first-order valence-electron chi connectivity index (χ1n) is 7.67. The third-order valence-electron chi connectivity index (χ3n) is 3.88. The number of nitrogens with zero attached hydrogens (tertiary/aromatic N) is 2. The van der Waals surface area contributed by atoms with Crippen LogP contribution in [0.3, 0.4) is 0 Å². The quantitative estimate of drug-likeness (QED) is 0.583. The van der Waals surface area contributed by atoms with Crippen LogP contribution in [-0.4, -0.2) is 22.0 Å². The Labute approximate surface area is 139 Å². The molecule has 118 valence electrons. The van der Waals surface area contributed by atoms with E-state index in [1.807, 2.05) is 55.6 Å². The number of imidazole rings is 1. The second-order valence-electron chi connectivity index (χ2n) is 5.38. The van der Waals surface area contributed by atoms with Gasteiger partial charge in [0.05, 0.1) is 23.7 Å². The lowest BCUT2D eigenvalue weighted by Gasteiger charge is -2.10. The summed E-state index contributed by atoms with van der Waals surface area (Å²) in [4.78, 5) is 11.6. The third-order valence-corrected chi connectivity index (χ3v) is 3.88. The number of fused-ring (bicyclic) bond motifs is 1. The number of anilines is 1. The molecule has 4 rings (SSSR count). The van der Waals surface area contributed by atoms with E-state index >= 15 is 0 Å². The van der Waals surface area contributed by atoms with Gasteiger partial charge in [0.1, 0.15) is 11.5 Å². The van der Waals surface area contributed by atoms with Gasteiger partial charge in [-0.2, -0.15) is 0 Å². The van der Waals surface area contributed by atoms with Crippen molar-refractivity contribution < 1.29 is 4.74 Å². The Morgan fingerprint density at radius 1 is 1.04 bits per heavy atom. The van der Waals surface area contributed by atoms with Crippen molar-refractivity contribution in [3.8, 4) is 22.8 Å². The van der Waals surface area contributed by atoms with E-state index in [4.69, 9.17) is 4.74 Å². The summed E-state index contributed by atoms with van der Waals surface area (Å²) in [7, 11) is 1.89. The van der Waals surface area contributed by atoms with Crippen LogP contribution in [0.4, 0.5) is 5.69 Å². The Balaban J connectivity index is 1.70. The Kier molecular flexibility index (Phi) is 3.59. The summed E-state index contributed by atoms with van der Waals surface area (Å²) in [5.74, 6) is 1.58. The fraction of sp³-hybridized carbons (Fsp3) is 0.0526. The summed E-state index contributed by atoms with van der Waals surface area (Å²) < 4.78 is 6.03. The minimum Gasteiger partial charge on any atom is -0.457 e. The zero-order valence-corrected chi connectivity index (χ0v) is 13.2. The van der Waals surface area contributed by atoms with Gasteiger partial charge in [0.25, 0.3) is 0 Å². The summed E-state index contributed by atoms with van der Waals surface area (Å²) in [6, 6.07) is 15.8. The van der Waals surface area contributed by atoms with Crippen LogP contribution >= 0.6 is 0 Å². The van der Waals surface area contributed by atoms with Crippen molar-refractivity contribution >= 4 is 16.6 Å². The molecule has 0 saturated carbocycles. The van der Waals surface area contributed by atoms with Crippen LogP contribution in [0.1, 0.15) is 0 Å². The fourth-order valence-corrected chi connectivity index (χ4v) is 2.61. The van der Waals surface area contributed by atoms with E-state index < -0.39 is 0 Å². The number of hydrogen-bond donors (Lipinski definition) is 2. The number of nitrogens with one attached hydrogen (secondary N) is 2. The smallest absolute Gasteiger partial charge is 0.138 e. The van der Waals surface area contributed by atoms with Gasteiger partial charge in [-0.3, -0.25) is 4.98 Å². The Morgan fingerprint density at radius 2 is 1.92 bits per heavy atom. The molecule has 0 fully saturated rings. The van der Waals surface area contributed by atoms with Crippen molar-refractivity contribution in [2.75, 3.05) is 12.4 Å². The molecule has 0 amide bonds. The van der Waals surface area contributed by atoms with Crippen LogP contribution in [0.25, 0.3) is 22.2 Å². The number of hydrogen-bond acceptors (Lipinski definition) is 4. The second kappa shape index (κ2) is 6.04. The van der Waals surface area contributed by atoms with Crippen LogP contribution in [-0.2, 0) is 0 Å². The molecule has 0 atom stereocenters. The first-order valence-corrected chi connectivity index (χ1v) is 7.67. The lowest BCUT2D eigenvalue weighted by molar-refractivity contribution is 0.488. The zero-order valence-electron chi connectivity index (χ0n) is 13.2. The van der Waals surface area contributed by atoms with Crippen LogP contribution in [0.2, 0.25) is 0 Å². The highest BCUT2D eigenvalue weighted by Gasteiger charge is 2.07. The van der Waals surface area contributed by atoms with Crippen molar-refractivity contribution in [2.24, 2.45) is 0 Å². The van der Waals surface area contributed by atoms with Gasteiger partial charge in [0.2, 0.25) is 0 Å². The molecule has 0 radical (unpaired) electrons. The molecule has 2 N–H and O–H groups in total. The normalized spacial score (nSPS) is 10.7. The van der Waals surface area contributed by atoms with Gasteiger partial charge in [0, 0.05) is 29.9 Å². The number of pyridine rings is 1. The molecule has 0 bridgehead atoms. The first kappa shape index (κ1) is 14.3. The van der Waals surface area contributed by atoms with Crippen molar-refractivity contribution in [3.05, 3.63) is 67.3 Å². The molecule has 24 heavy (non-hydrogen) atoms. The number of benzene rings is 2. The number of ether oxygens (including phenoxy) is 1. The topological polar surface area (TPSA) is 62.8 Å². The molecule has 0 saturated heterocycles. The molecular weight excluding hydrogens is 300 g/mol. The van der Waals surface area contributed by atoms with Crippen LogP contribution in [0.5, 0.6) is 11.5 Å². The number of rotatable bonds is 4. The highest BCUT2D eigenvalue weighted by molar-refractivity contribution is 5.88. The Bertz CT molecular complexity index is 963. The molecule has 0 aliphatic rings. The summed E-state index contributed by atoms with van der Waals surface area (Å²) >= 11 is 0. The number of H-pyrrole nitrogens is 1. The summed E-state index contributed by atoms with van der Waals surface area (Å²) in [5.41, 5.74) is 3.94. The molecule has 5 nitrogen and oxygen atoms in total. The second-order valence-corrected chi connectivity index (χ2v) is 5.38. The highest BCUT2D eigenvalue weighted by atomic mass is 16.5. The maximum atomic E-state index is 6.03. The number of aromatic nitrogens is 3. The standard InChI is InChI=1S/C19H16N4O/c1-20-14-3-5-15(6-4-14)24-19-8-9-22-17-10-13(2-7-16(17)19)18-11-21-12-23-18/h2-12,20H,1H3,(H,21,23). The van der Waals surface area contributed by atoms with Crippen LogP contribution in [0.15, 0.2) is 67.3 Å². The fourth-order valence-electron chi connectivity index (χ4n) is 2.61. The van der Waals surface area contributed by atoms with Crippen molar-refractivity contribution in [1.82, 2.24) is 15.0 Å². The van der Waals surface area contributed by atoms with Gasteiger partial charge in [-0.1, -0.05) is 6.07 Å². The van der Waals surface area contributed by atoms with E-state index in [0.717, 1.165) is 39.3 Å². The Hall–Kier alpha value is -3.34. The van der Waals surface area contributed by atoms with Gasteiger partial charge in [-0.25, -0.2) is 4.98 Å². The van der Waals surface area contributed by atoms with Crippen LogP contribution < -0.4 is 10.1 Å². The van der Waals surface area contributed by atoms with Crippen molar-refractivity contribution in [1.29, 1.82) is 0 Å². The summed E-state index contributed by atoms with van der Waals surface area (Å²) in [5, 5.41) is 4.06. The van der Waals surface area contributed by atoms with Crippen LogP contribution in [0, 0.1) is 0 Å². The van der Waals surface area contributed by atoms with Gasteiger partial charge in [-0.15, -0.1) is 0 Å². The monoisotopic (exact) mass is 316 g/mol. The predicted octanol–water partition coefficient (Wildman–Crippen LogP) is 4.46. The van der Waals surface area contributed by atoms with Gasteiger partial charge >= 0.3 is 0 Å². The van der Waals surface area contributed by atoms with E-state index in [1.54, 1.807) is 18.7 Å². The van der Waals surface area contributed by atoms with Crippen molar-refractivity contribution in [3.63, 3.8) is 0 Å². The molecule has 5 heteroatoms. The third kappa shape index (κ3) is 2.67. The van der Waals surface area contributed by atoms with E-state index in [-0.39, 0.29) is 0 Å². The molecule has 0 aliphatic carbocycles. The molecular formula is C19H16N4O. The molecule has 0 unspecified atom stereocenters. The molecule has 0 spiro atoms. The largest absolute Gasteiger partial charge is 0.457 e. The lowest BCUT2D eigenvalue weighted by atomic mass is 10.1. The minimum absolute atomic E-state index is 0.786. The van der Waals surface area contributed by atoms with E-state index in [0.29, 0.717) is 0 Å². The van der Waals surface area contributed by atoms with E-state index in [2.05, 4.69) is 20.3 Å². The molecule has 2 aromatic heterocycles. The minimum atomic E-state index is 0.786. The van der Waals surface area contributed by atoms with Gasteiger partial charge in [0.15, 0.2) is 0 Å². The Morgan fingerprint density at radius 3 is 2.67 bits per heavy atom. The lowest BCUT2D eigenvalue weighted by Crippen LogP contribution is -1.90. The molecule has 2 heterocycles. The molecule has 2 aromatic carbocycles. The first-order chi connectivity index (χ1) is 11.8. The highest BCUT2D eigenvalue weighted by Crippen LogP contribution is 2.31. The average Bonchev–Trinajstić information content (AvgIpc) is 3.17. The van der Waals surface area contributed by atoms with Gasteiger partial charge in [-0.05, 0) is 42.5 Å².